The van der Waals surface area contributed by atoms with Crippen molar-refractivity contribution in [3.05, 3.63) is 51.2 Å². The second-order valence-corrected chi connectivity index (χ2v) is 4.72. The second kappa shape index (κ2) is 4.63. The summed E-state index contributed by atoms with van der Waals surface area (Å²) in [5, 5.41) is 9.59. The van der Waals surface area contributed by atoms with Crippen LogP contribution in [0.15, 0.2) is 24.3 Å². The van der Waals surface area contributed by atoms with E-state index in [9.17, 15) is 9.18 Å². The number of aryl methyl sites for hydroxylation is 1. The molecule has 17 heavy (non-hydrogen) atoms. The molecule has 1 aromatic heterocycles. The largest absolute Gasteiger partial charge is 0.477 e. The van der Waals surface area contributed by atoms with Crippen LogP contribution in [0.5, 0.6) is 0 Å². The van der Waals surface area contributed by atoms with Gasteiger partial charge >= 0.3 is 5.97 Å². The number of rotatable bonds is 3. The predicted molar refractivity (Wildman–Crippen MR) is 63.0 cm³/mol. The number of aromatic carboxylic acids is 1. The molecule has 3 nitrogen and oxygen atoms in total. The van der Waals surface area contributed by atoms with E-state index in [2.05, 4.69) is 4.98 Å². The standard InChI is InChI=1S/C12H10FNO2S/c1-7-11(12(15)16)17-10(14-7)6-8-3-2-4-9(13)5-8/h2-5H,6H2,1H3,(H,15,16). The number of aromatic nitrogens is 1. The van der Waals surface area contributed by atoms with Gasteiger partial charge in [-0.1, -0.05) is 12.1 Å². The van der Waals surface area contributed by atoms with Gasteiger partial charge in [-0.25, -0.2) is 14.2 Å². The van der Waals surface area contributed by atoms with Crippen LogP contribution in [0.4, 0.5) is 4.39 Å². The highest BCUT2D eigenvalue weighted by Gasteiger charge is 2.14. The molecule has 0 saturated heterocycles. The lowest BCUT2D eigenvalue weighted by Gasteiger charge is -1.97. The summed E-state index contributed by atoms with van der Waals surface area (Å²) in [7, 11) is 0. The van der Waals surface area contributed by atoms with Gasteiger partial charge < -0.3 is 5.11 Å². The van der Waals surface area contributed by atoms with Crippen molar-refractivity contribution in [2.24, 2.45) is 0 Å². The Morgan fingerprint density at radius 1 is 1.53 bits per heavy atom. The number of carboxylic acids is 1. The summed E-state index contributed by atoms with van der Waals surface area (Å²) in [6.45, 7) is 1.66. The highest BCUT2D eigenvalue weighted by molar-refractivity contribution is 7.13. The van der Waals surface area contributed by atoms with Crippen LogP contribution in [-0.2, 0) is 6.42 Å². The fourth-order valence-corrected chi connectivity index (χ4v) is 2.49. The van der Waals surface area contributed by atoms with E-state index in [-0.39, 0.29) is 10.7 Å². The number of nitrogens with zero attached hydrogens (tertiary/aromatic N) is 1. The molecule has 1 aromatic carbocycles. The van der Waals surface area contributed by atoms with Crippen molar-refractivity contribution in [1.29, 1.82) is 0 Å². The zero-order chi connectivity index (χ0) is 12.4. The molecule has 88 valence electrons. The summed E-state index contributed by atoms with van der Waals surface area (Å²) in [6.07, 6.45) is 0.455. The zero-order valence-corrected chi connectivity index (χ0v) is 9.92. The van der Waals surface area contributed by atoms with Gasteiger partial charge in [-0.15, -0.1) is 11.3 Å². The minimum Gasteiger partial charge on any atom is -0.477 e. The fourth-order valence-electron chi connectivity index (χ4n) is 1.55. The van der Waals surface area contributed by atoms with Crippen LogP contribution in [0.1, 0.15) is 25.9 Å². The molecule has 0 amide bonds. The Morgan fingerprint density at radius 2 is 2.29 bits per heavy atom. The SMILES string of the molecule is Cc1nc(Cc2cccc(F)c2)sc1C(=O)O. The molecule has 0 fully saturated rings. The Morgan fingerprint density at radius 3 is 2.88 bits per heavy atom. The summed E-state index contributed by atoms with van der Waals surface area (Å²) in [5.41, 5.74) is 1.30. The van der Waals surface area contributed by atoms with Crippen LogP contribution < -0.4 is 0 Å². The summed E-state index contributed by atoms with van der Waals surface area (Å²) in [6, 6.07) is 6.22. The van der Waals surface area contributed by atoms with Crippen molar-refractivity contribution in [1.82, 2.24) is 4.98 Å². The first kappa shape index (κ1) is 11.7. The molecule has 0 aliphatic rings. The Hall–Kier alpha value is -1.75. The highest BCUT2D eigenvalue weighted by atomic mass is 32.1. The van der Waals surface area contributed by atoms with Crippen LogP contribution in [0, 0.1) is 12.7 Å². The van der Waals surface area contributed by atoms with E-state index in [1.54, 1.807) is 19.1 Å². The minimum absolute atomic E-state index is 0.247. The van der Waals surface area contributed by atoms with Crippen LogP contribution >= 0.6 is 11.3 Å². The molecular weight excluding hydrogens is 241 g/mol. The Balaban J connectivity index is 2.25. The van der Waals surface area contributed by atoms with Crippen molar-refractivity contribution in [2.45, 2.75) is 13.3 Å². The lowest BCUT2D eigenvalue weighted by atomic mass is 10.1. The quantitative estimate of drug-likeness (QED) is 0.912. The Kier molecular flexibility index (Phi) is 3.19. The number of benzene rings is 1. The van der Waals surface area contributed by atoms with Crippen molar-refractivity contribution in [3.8, 4) is 0 Å². The van der Waals surface area contributed by atoms with E-state index < -0.39 is 5.97 Å². The molecule has 0 radical (unpaired) electrons. The highest BCUT2D eigenvalue weighted by Crippen LogP contribution is 2.21. The van der Waals surface area contributed by atoms with Crippen LogP contribution in [-0.4, -0.2) is 16.1 Å². The lowest BCUT2D eigenvalue weighted by Crippen LogP contribution is -1.94. The maximum atomic E-state index is 13.0. The molecule has 0 unspecified atom stereocenters. The smallest absolute Gasteiger partial charge is 0.347 e. The van der Waals surface area contributed by atoms with Gasteiger partial charge in [0.05, 0.1) is 10.7 Å². The van der Waals surface area contributed by atoms with E-state index in [0.29, 0.717) is 17.1 Å². The minimum atomic E-state index is -0.967. The Labute approximate surface area is 102 Å². The summed E-state index contributed by atoms with van der Waals surface area (Å²) in [5.74, 6) is -1.26. The van der Waals surface area contributed by atoms with Gasteiger partial charge in [-0.3, -0.25) is 0 Å². The molecule has 1 N–H and O–H groups in total. The first-order chi connectivity index (χ1) is 8.06. The summed E-state index contributed by atoms with van der Waals surface area (Å²) in [4.78, 5) is 15.3. The molecule has 0 spiro atoms. The van der Waals surface area contributed by atoms with E-state index in [4.69, 9.17) is 5.11 Å². The van der Waals surface area contributed by atoms with E-state index >= 15 is 0 Å². The van der Waals surface area contributed by atoms with Crippen molar-refractivity contribution in [3.63, 3.8) is 0 Å². The lowest BCUT2D eigenvalue weighted by molar-refractivity contribution is 0.0701. The van der Waals surface area contributed by atoms with Crippen molar-refractivity contribution in [2.75, 3.05) is 0 Å². The monoisotopic (exact) mass is 251 g/mol. The molecule has 0 aliphatic carbocycles. The first-order valence-electron chi connectivity index (χ1n) is 5.00. The van der Waals surface area contributed by atoms with Crippen LogP contribution in [0.2, 0.25) is 0 Å². The average Bonchev–Trinajstić information content (AvgIpc) is 2.59. The number of carboxylic acid groups (broad SMARTS) is 1. The molecule has 0 bridgehead atoms. The molecule has 0 saturated carbocycles. The normalized spacial score (nSPS) is 10.5. The van der Waals surface area contributed by atoms with E-state index in [1.165, 1.54) is 12.1 Å². The summed E-state index contributed by atoms with van der Waals surface area (Å²) >= 11 is 1.14. The summed E-state index contributed by atoms with van der Waals surface area (Å²) < 4.78 is 13.0. The molecule has 2 rings (SSSR count). The van der Waals surface area contributed by atoms with Crippen molar-refractivity contribution >= 4 is 17.3 Å². The van der Waals surface area contributed by atoms with Gasteiger partial charge in [0, 0.05) is 6.42 Å². The van der Waals surface area contributed by atoms with Crippen molar-refractivity contribution < 1.29 is 14.3 Å². The first-order valence-corrected chi connectivity index (χ1v) is 5.82. The third-order valence-electron chi connectivity index (χ3n) is 2.28. The van der Waals surface area contributed by atoms with Gasteiger partial charge in [0.2, 0.25) is 0 Å². The third kappa shape index (κ3) is 2.68. The fraction of sp³-hybridized carbons (Fsp3) is 0.167. The van der Waals surface area contributed by atoms with E-state index in [0.717, 1.165) is 16.9 Å². The maximum absolute atomic E-state index is 13.0. The maximum Gasteiger partial charge on any atom is 0.347 e. The molecule has 0 atom stereocenters. The second-order valence-electron chi connectivity index (χ2n) is 3.63. The zero-order valence-electron chi connectivity index (χ0n) is 9.11. The van der Waals surface area contributed by atoms with Crippen LogP contribution in [0.3, 0.4) is 0 Å². The Bertz CT molecular complexity index is 565. The number of hydrogen-bond donors (Lipinski definition) is 1. The molecule has 0 aliphatic heterocycles. The number of thiazole rings is 1. The van der Waals surface area contributed by atoms with E-state index in [1.807, 2.05) is 0 Å². The number of carbonyl (C=O) groups is 1. The van der Waals surface area contributed by atoms with Gasteiger partial charge in [0.25, 0.3) is 0 Å². The van der Waals surface area contributed by atoms with Crippen LogP contribution in [0.25, 0.3) is 0 Å². The van der Waals surface area contributed by atoms with Gasteiger partial charge in [-0.05, 0) is 24.6 Å². The predicted octanol–water partition coefficient (Wildman–Crippen LogP) is 2.88. The average molecular weight is 251 g/mol. The molecule has 5 heteroatoms. The van der Waals surface area contributed by atoms with Gasteiger partial charge in [0.15, 0.2) is 0 Å². The number of hydrogen-bond acceptors (Lipinski definition) is 3. The molecule has 1 heterocycles. The van der Waals surface area contributed by atoms with Gasteiger partial charge in [-0.2, -0.15) is 0 Å². The number of halogens is 1. The molecule has 2 aromatic rings. The topological polar surface area (TPSA) is 50.2 Å². The third-order valence-corrected chi connectivity index (χ3v) is 3.42. The molecular formula is C12H10FNO2S. The van der Waals surface area contributed by atoms with Gasteiger partial charge in [0.1, 0.15) is 10.7 Å².